The molecule has 3 rings (SSSR count). The number of amidine groups is 1. The van der Waals surface area contributed by atoms with Crippen molar-refractivity contribution < 1.29 is 9.18 Å². The third kappa shape index (κ3) is 4.39. The molecule has 160 valence electrons. The summed E-state index contributed by atoms with van der Waals surface area (Å²) in [4.78, 5) is 21.2. The molecule has 2 atom stereocenters. The molecular weight excluding hydrogens is 425 g/mol. The Morgan fingerprint density at radius 2 is 2.07 bits per heavy atom. The van der Waals surface area contributed by atoms with Crippen LogP contribution in [0.5, 0.6) is 0 Å². The van der Waals surface area contributed by atoms with E-state index in [4.69, 9.17) is 21.7 Å². The van der Waals surface area contributed by atoms with Crippen LogP contribution in [0.25, 0.3) is 0 Å². The second-order valence-corrected chi connectivity index (χ2v) is 10.5. The van der Waals surface area contributed by atoms with Crippen molar-refractivity contribution in [2.45, 2.75) is 38.0 Å². The number of hydrogen-bond donors (Lipinski definition) is 2. The molecule has 6 nitrogen and oxygen atoms in total. The Bertz CT molecular complexity index is 1040. The highest BCUT2D eigenvalue weighted by Gasteiger charge is 2.42. The molecule has 0 unspecified atom stereocenters. The van der Waals surface area contributed by atoms with Crippen molar-refractivity contribution >= 4 is 39.7 Å². The minimum Gasteiger partial charge on any atom is -0.386 e. The van der Waals surface area contributed by atoms with E-state index in [9.17, 15) is 9.18 Å². The van der Waals surface area contributed by atoms with Gasteiger partial charge in [0.15, 0.2) is 0 Å². The topological polar surface area (TPSA) is 92.7 Å². The number of pyridine rings is 1. The van der Waals surface area contributed by atoms with Gasteiger partial charge in [0.05, 0.1) is 15.3 Å². The van der Waals surface area contributed by atoms with E-state index in [2.05, 4.69) is 15.3 Å². The predicted octanol–water partition coefficient (Wildman–Crippen LogP) is 4.31. The largest absolute Gasteiger partial charge is 0.386 e. The number of carbonyl (C=O) groups excluding carboxylic acids is 1. The first kappa shape index (κ1) is 22.4. The van der Waals surface area contributed by atoms with Gasteiger partial charge in [-0.1, -0.05) is 22.3 Å². The Kier molecular flexibility index (Phi) is 6.29. The standard InChI is InChI=1S/C21H25ClFN5OS/c1-5-26-30-12-21(4,28-19(24)20(30,2)3)15-10-14(7-8-16(15)23)27-18(29)17-9-6-13(22)11-25-17/h6-11H,5,12H2,1-4H3,(H2,24,28)(H,27,29)/t21-,30-/m0/s1. The van der Waals surface area contributed by atoms with E-state index in [1.54, 1.807) is 12.1 Å². The third-order valence-corrected chi connectivity index (χ3v) is 8.06. The fourth-order valence-electron chi connectivity index (χ4n) is 3.22. The van der Waals surface area contributed by atoms with Crippen LogP contribution in [0.4, 0.5) is 10.1 Å². The number of amides is 1. The molecule has 0 radical (unpaired) electrons. The van der Waals surface area contributed by atoms with Crippen LogP contribution in [0.1, 0.15) is 43.7 Å². The summed E-state index contributed by atoms with van der Waals surface area (Å²) in [7, 11) is -0.420. The van der Waals surface area contributed by atoms with Crippen molar-refractivity contribution in [3.05, 3.63) is 58.6 Å². The smallest absolute Gasteiger partial charge is 0.274 e. The number of nitrogens with one attached hydrogen (secondary N) is 1. The lowest BCUT2D eigenvalue weighted by Crippen LogP contribution is -2.52. The maximum absolute atomic E-state index is 14.9. The van der Waals surface area contributed by atoms with Gasteiger partial charge in [0.2, 0.25) is 0 Å². The van der Waals surface area contributed by atoms with Gasteiger partial charge in [-0.3, -0.25) is 14.1 Å². The second-order valence-electron chi connectivity index (χ2n) is 7.75. The molecule has 1 aliphatic rings. The maximum atomic E-state index is 14.9. The van der Waals surface area contributed by atoms with Crippen LogP contribution in [-0.4, -0.2) is 33.8 Å². The van der Waals surface area contributed by atoms with Crippen molar-refractivity contribution in [2.24, 2.45) is 15.1 Å². The number of nitrogens with zero attached hydrogens (tertiary/aromatic N) is 3. The maximum Gasteiger partial charge on any atom is 0.274 e. The Labute approximate surface area is 183 Å². The van der Waals surface area contributed by atoms with Gasteiger partial charge >= 0.3 is 0 Å². The molecule has 0 bridgehead atoms. The van der Waals surface area contributed by atoms with Crippen LogP contribution in [-0.2, 0) is 16.2 Å². The lowest BCUT2D eigenvalue weighted by Gasteiger charge is -2.40. The zero-order valence-corrected chi connectivity index (χ0v) is 18.9. The summed E-state index contributed by atoms with van der Waals surface area (Å²) in [5.41, 5.74) is 6.43. The van der Waals surface area contributed by atoms with Gasteiger partial charge in [-0.05, 0) is 58.0 Å². The molecule has 9 heteroatoms. The van der Waals surface area contributed by atoms with Crippen LogP contribution in [0.15, 0.2) is 45.9 Å². The zero-order valence-electron chi connectivity index (χ0n) is 17.4. The molecule has 0 saturated carbocycles. The molecule has 0 fully saturated rings. The number of carbonyl (C=O) groups is 1. The van der Waals surface area contributed by atoms with Crippen LogP contribution < -0.4 is 11.1 Å². The van der Waals surface area contributed by atoms with Crippen LogP contribution in [0.3, 0.4) is 0 Å². The first-order valence-corrected chi connectivity index (χ1v) is 11.3. The predicted molar refractivity (Wildman–Crippen MR) is 122 cm³/mol. The molecule has 0 saturated heterocycles. The van der Waals surface area contributed by atoms with E-state index in [1.807, 2.05) is 27.7 Å². The molecule has 1 aliphatic heterocycles. The Morgan fingerprint density at radius 1 is 1.33 bits per heavy atom. The van der Waals surface area contributed by atoms with Crippen LogP contribution >= 0.6 is 11.6 Å². The van der Waals surface area contributed by atoms with Gasteiger partial charge in [-0.25, -0.2) is 9.37 Å². The first-order chi connectivity index (χ1) is 14.1. The number of rotatable bonds is 4. The van der Waals surface area contributed by atoms with Crippen molar-refractivity contribution in [3.63, 3.8) is 0 Å². The van der Waals surface area contributed by atoms with Crippen molar-refractivity contribution in [2.75, 3.05) is 17.6 Å². The summed E-state index contributed by atoms with van der Waals surface area (Å²) in [5.74, 6) is 0.178. The van der Waals surface area contributed by atoms with Gasteiger partial charge in [-0.15, -0.1) is 0 Å². The normalized spacial score (nSPS) is 23.1. The lowest BCUT2D eigenvalue weighted by atomic mass is 9.92. The SMILES string of the molecule is CCN=[S@]1C[C@@](C)(c2cc(NC(=O)c3ccc(Cl)cn3)ccc2F)N=C(N)C1(C)C. The van der Waals surface area contributed by atoms with E-state index >= 15 is 0 Å². The number of nitrogens with two attached hydrogens (primary N) is 1. The average Bonchev–Trinajstić information content (AvgIpc) is 2.68. The van der Waals surface area contributed by atoms with E-state index in [0.29, 0.717) is 34.4 Å². The monoisotopic (exact) mass is 449 g/mol. The first-order valence-electron chi connectivity index (χ1n) is 9.54. The number of hydrogen-bond acceptors (Lipinski definition) is 5. The molecule has 0 aliphatic carbocycles. The summed E-state index contributed by atoms with van der Waals surface area (Å²) < 4.78 is 19.2. The number of anilines is 1. The third-order valence-electron chi connectivity index (χ3n) is 5.04. The zero-order chi connectivity index (χ0) is 22.1. The Morgan fingerprint density at radius 3 is 2.70 bits per heavy atom. The van der Waals surface area contributed by atoms with Gasteiger partial charge in [-0.2, -0.15) is 0 Å². The molecule has 2 aromatic rings. The second kappa shape index (κ2) is 8.43. The Balaban J connectivity index is 1.97. The fraction of sp³-hybridized carbons (Fsp3) is 0.381. The van der Waals surface area contributed by atoms with Gasteiger partial charge in [0, 0.05) is 29.7 Å². The Hall–Kier alpha value is -2.32. The fourth-order valence-corrected chi connectivity index (χ4v) is 5.46. The number of halogens is 2. The van der Waals surface area contributed by atoms with Crippen molar-refractivity contribution in [1.82, 2.24) is 4.98 Å². The van der Waals surface area contributed by atoms with E-state index in [-0.39, 0.29) is 10.4 Å². The summed E-state index contributed by atoms with van der Waals surface area (Å²) in [6.07, 6.45) is 1.40. The highest BCUT2D eigenvalue weighted by Crippen LogP contribution is 2.37. The van der Waals surface area contributed by atoms with Crippen LogP contribution in [0, 0.1) is 5.82 Å². The number of benzene rings is 1. The molecule has 0 spiro atoms. The minimum atomic E-state index is -0.884. The highest BCUT2D eigenvalue weighted by atomic mass is 35.5. The van der Waals surface area contributed by atoms with Crippen LogP contribution in [0.2, 0.25) is 5.02 Å². The molecule has 1 aromatic heterocycles. The molecular formula is C21H25ClFN5OS. The molecule has 30 heavy (non-hydrogen) atoms. The van der Waals surface area contributed by atoms with Gasteiger partial charge in [0.1, 0.15) is 17.3 Å². The van der Waals surface area contributed by atoms with Crippen molar-refractivity contribution in [3.8, 4) is 0 Å². The molecule has 1 aromatic carbocycles. The lowest BCUT2D eigenvalue weighted by molar-refractivity contribution is 0.102. The number of aliphatic imine (C=N–C) groups is 1. The quantitative estimate of drug-likeness (QED) is 0.728. The summed E-state index contributed by atoms with van der Waals surface area (Å²) >= 11 is 5.82. The van der Waals surface area contributed by atoms with Gasteiger partial charge in [0.25, 0.3) is 5.91 Å². The van der Waals surface area contributed by atoms with Gasteiger partial charge < -0.3 is 11.1 Å². The number of aromatic nitrogens is 1. The average molecular weight is 450 g/mol. The molecule has 2 heterocycles. The summed E-state index contributed by atoms with van der Waals surface area (Å²) in [5, 5.41) is 3.19. The van der Waals surface area contributed by atoms with E-state index in [1.165, 1.54) is 24.4 Å². The van der Waals surface area contributed by atoms with E-state index in [0.717, 1.165) is 0 Å². The summed E-state index contributed by atoms with van der Waals surface area (Å²) in [6, 6.07) is 7.54. The minimum absolute atomic E-state index is 0.210. The molecule has 3 N–H and O–H groups in total. The molecule has 1 amide bonds. The highest BCUT2D eigenvalue weighted by molar-refractivity contribution is 7.89. The van der Waals surface area contributed by atoms with Crippen molar-refractivity contribution in [1.29, 1.82) is 0 Å². The summed E-state index contributed by atoms with van der Waals surface area (Å²) in [6.45, 7) is 8.51. The van der Waals surface area contributed by atoms with E-state index < -0.39 is 28.0 Å².